The van der Waals surface area contributed by atoms with E-state index in [4.69, 9.17) is 0 Å². The van der Waals surface area contributed by atoms with Crippen molar-refractivity contribution in [3.05, 3.63) is 96.6 Å². The number of anilines is 1. The molecule has 7 heteroatoms. The normalized spacial score (nSPS) is 18.6. The van der Waals surface area contributed by atoms with Crippen LogP contribution in [0.15, 0.2) is 100 Å². The van der Waals surface area contributed by atoms with Crippen molar-refractivity contribution in [1.82, 2.24) is 0 Å². The lowest BCUT2D eigenvalue weighted by atomic mass is 10.1. The first kappa shape index (κ1) is 18.5. The number of carbonyl (C=O) groups is 1. The van der Waals surface area contributed by atoms with Gasteiger partial charge in [-0.25, -0.2) is 0 Å². The third-order valence-electron chi connectivity index (χ3n) is 4.22. The van der Waals surface area contributed by atoms with Crippen molar-refractivity contribution in [1.29, 1.82) is 0 Å². The highest BCUT2D eigenvalue weighted by atomic mass is 32.2. The summed E-state index contributed by atoms with van der Waals surface area (Å²) in [6.07, 6.45) is 0. The largest absolute Gasteiger partial charge is 0.284 e. The second-order valence-electron chi connectivity index (χ2n) is 6.08. The van der Waals surface area contributed by atoms with Crippen LogP contribution >= 0.6 is 11.8 Å². The summed E-state index contributed by atoms with van der Waals surface area (Å²) in [4.78, 5) is 14.6. The number of sulfonamides is 1. The van der Waals surface area contributed by atoms with Crippen molar-refractivity contribution in [2.75, 3.05) is 4.90 Å². The summed E-state index contributed by atoms with van der Waals surface area (Å²) < 4.78 is 29.6. The van der Waals surface area contributed by atoms with Crippen LogP contribution < -0.4 is 4.90 Å². The van der Waals surface area contributed by atoms with Gasteiger partial charge in [-0.2, -0.15) is 8.42 Å². The Hall–Kier alpha value is -2.90. The topological polar surface area (TPSA) is 66.8 Å². The van der Waals surface area contributed by atoms with Crippen LogP contribution in [0.1, 0.15) is 10.8 Å². The molecule has 1 aliphatic rings. The van der Waals surface area contributed by atoms with E-state index in [1.165, 1.54) is 17.0 Å². The second kappa shape index (κ2) is 7.61. The van der Waals surface area contributed by atoms with Crippen molar-refractivity contribution < 1.29 is 13.2 Å². The van der Waals surface area contributed by atoms with Crippen LogP contribution in [0.2, 0.25) is 0 Å². The van der Waals surface area contributed by atoms with Crippen LogP contribution in [0.4, 0.5) is 5.69 Å². The minimum atomic E-state index is -3.94. The first-order valence-electron chi connectivity index (χ1n) is 8.57. The van der Waals surface area contributed by atoms with Crippen molar-refractivity contribution in [3.63, 3.8) is 0 Å². The Kier molecular flexibility index (Phi) is 5.02. The molecule has 0 N–H and O–H groups in total. The summed E-state index contributed by atoms with van der Waals surface area (Å²) >= 11 is 1.14. The molecule has 3 aromatic carbocycles. The molecule has 4 rings (SSSR count). The molecule has 1 amide bonds. The van der Waals surface area contributed by atoms with E-state index in [2.05, 4.69) is 4.40 Å². The molecule has 0 saturated carbocycles. The number of thioether (sulfide) groups is 1. The summed E-state index contributed by atoms with van der Waals surface area (Å²) in [5.41, 5.74) is 1.39. The molecule has 1 heterocycles. The zero-order chi connectivity index (χ0) is 19.6. The molecule has 1 saturated heterocycles. The van der Waals surface area contributed by atoms with Crippen LogP contribution in [0.5, 0.6) is 0 Å². The minimum Gasteiger partial charge on any atom is -0.272 e. The summed E-state index contributed by atoms with van der Waals surface area (Å²) in [5, 5.41) is -0.403. The fourth-order valence-electron chi connectivity index (χ4n) is 2.88. The highest BCUT2D eigenvalue weighted by molar-refractivity contribution is 8.16. The molecule has 0 unspecified atom stereocenters. The van der Waals surface area contributed by atoms with Crippen molar-refractivity contribution in [3.8, 4) is 0 Å². The Balaban J connectivity index is 1.80. The molecule has 0 aromatic heterocycles. The van der Waals surface area contributed by atoms with Crippen molar-refractivity contribution in [2.45, 2.75) is 10.1 Å². The highest BCUT2D eigenvalue weighted by Crippen LogP contribution is 2.42. The molecule has 28 heavy (non-hydrogen) atoms. The van der Waals surface area contributed by atoms with Gasteiger partial charge in [0, 0.05) is 0 Å². The molecule has 5 nitrogen and oxygen atoms in total. The summed E-state index contributed by atoms with van der Waals surface area (Å²) in [7, 11) is -3.94. The number of para-hydroxylation sites is 1. The van der Waals surface area contributed by atoms with Crippen molar-refractivity contribution in [2.24, 2.45) is 4.40 Å². The Labute approximate surface area is 167 Å². The van der Waals surface area contributed by atoms with Gasteiger partial charge in [-0.3, -0.25) is 9.69 Å². The van der Waals surface area contributed by atoms with Gasteiger partial charge in [0.25, 0.3) is 15.9 Å². The van der Waals surface area contributed by atoms with Gasteiger partial charge in [0.05, 0.1) is 10.6 Å². The lowest BCUT2D eigenvalue weighted by molar-refractivity contribution is -0.117. The van der Waals surface area contributed by atoms with E-state index in [1.807, 2.05) is 36.4 Å². The molecular formula is C21H16N2O3S2. The third-order valence-corrected chi connectivity index (χ3v) is 6.81. The maximum absolute atomic E-state index is 13.2. The van der Waals surface area contributed by atoms with E-state index in [1.54, 1.807) is 42.5 Å². The average molecular weight is 409 g/mol. The molecule has 3 aromatic rings. The number of hydrogen-bond donors (Lipinski definition) is 0. The maximum Gasteiger partial charge on any atom is 0.284 e. The number of nitrogens with zero attached hydrogens (tertiary/aromatic N) is 2. The number of amides is 1. The van der Waals surface area contributed by atoms with E-state index < -0.39 is 15.3 Å². The van der Waals surface area contributed by atoms with Crippen LogP contribution in [0, 0.1) is 0 Å². The van der Waals surface area contributed by atoms with E-state index in [0.717, 1.165) is 17.3 Å². The number of carbonyl (C=O) groups excluding carboxylic acids is 1. The highest BCUT2D eigenvalue weighted by Gasteiger charge is 2.41. The number of amidine groups is 1. The molecular weight excluding hydrogens is 392 g/mol. The van der Waals surface area contributed by atoms with Crippen LogP contribution in [-0.4, -0.2) is 19.5 Å². The summed E-state index contributed by atoms with van der Waals surface area (Å²) in [6, 6.07) is 26.2. The first-order valence-corrected chi connectivity index (χ1v) is 10.9. The predicted molar refractivity (Wildman–Crippen MR) is 112 cm³/mol. The Morgan fingerprint density at radius 1 is 0.786 bits per heavy atom. The fourth-order valence-corrected chi connectivity index (χ4v) is 5.25. The predicted octanol–water partition coefficient (Wildman–Crippen LogP) is 4.25. The third kappa shape index (κ3) is 3.58. The molecule has 0 spiro atoms. The Morgan fingerprint density at radius 2 is 1.32 bits per heavy atom. The van der Waals surface area contributed by atoms with Crippen LogP contribution in [0.25, 0.3) is 0 Å². The van der Waals surface area contributed by atoms with E-state index >= 15 is 0 Å². The van der Waals surface area contributed by atoms with E-state index in [9.17, 15) is 13.2 Å². The average Bonchev–Trinajstić information content (AvgIpc) is 3.05. The molecule has 140 valence electrons. The van der Waals surface area contributed by atoms with Gasteiger partial charge in [-0.1, -0.05) is 78.5 Å². The van der Waals surface area contributed by atoms with E-state index in [0.29, 0.717) is 5.69 Å². The Bertz CT molecular complexity index is 1120. The van der Waals surface area contributed by atoms with Crippen LogP contribution in [-0.2, 0) is 14.8 Å². The van der Waals surface area contributed by atoms with Gasteiger partial charge in [0.1, 0.15) is 5.25 Å². The first-order chi connectivity index (χ1) is 13.6. The molecule has 1 atom stereocenters. The molecule has 0 bridgehead atoms. The SMILES string of the molecule is O=C1[C@H](c2ccccc2)SC(=NS(=O)(=O)c2ccccc2)N1c1ccccc1. The minimum absolute atomic E-state index is 0.0896. The molecule has 1 aliphatic heterocycles. The zero-order valence-corrected chi connectivity index (χ0v) is 16.3. The number of rotatable bonds is 4. The van der Waals surface area contributed by atoms with Gasteiger partial charge < -0.3 is 0 Å². The lowest BCUT2D eigenvalue weighted by Crippen LogP contribution is -2.30. The smallest absolute Gasteiger partial charge is 0.272 e. The fraction of sp³-hybridized carbons (Fsp3) is 0.0476. The summed E-state index contributed by atoms with van der Waals surface area (Å²) in [5.74, 6) is -0.218. The second-order valence-corrected chi connectivity index (χ2v) is 8.76. The molecule has 1 fully saturated rings. The molecule has 0 aliphatic carbocycles. The summed E-state index contributed by atoms with van der Waals surface area (Å²) in [6.45, 7) is 0. The van der Waals surface area contributed by atoms with Gasteiger partial charge in [0.2, 0.25) is 0 Å². The Morgan fingerprint density at radius 3 is 1.93 bits per heavy atom. The van der Waals surface area contributed by atoms with Gasteiger partial charge in [-0.15, -0.1) is 4.40 Å². The monoisotopic (exact) mass is 408 g/mol. The lowest BCUT2D eigenvalue weighted by Gasteiger charge is -2.16. The number of benzene rings is 3. The van der Waals surface area contributed by atoms with Gasteiger partial charge in [0.15, 0.2) is 5.17 Å². The van der Waals surface area contributed by atoms with Gasteiger partial charge in [-0.05, 0) is 29.8 Å². The maximum atomic E-state index is 13.2. The van der Waals surface area contributed by atoms with E-state index in [-0.39, 0.29) is 16.0 Å². The standard InChI is InChI=1S/C21H16N2O3S2/c24-20-19(16-10-4-1-5-11-16)27-21(23(20)17-12-6-2-7-13-17)22-28(25,26)18-14-8-3-9-15-18/h1-15,19H/t19-/m0/s1. The number of hydrogen-bond acceptors (Lipinski definition) is 4. The molecule has 0 radical (unpaired) electrons. The van der Waals surface area contributed by atoms with Crippen molar-refractivity contribution >= 4 is 38.5 Å². The zero-order valence-electron chi connectivity index (χ0n) is 14.7. The van der Waals surface area contributed by atoms with Gasteiger partial charge >= 0.3 is 0 Å². The quantitative estimate of drug-likeness (QED) is 0.647. The van der Waals surface area contributed by atoms with Crippen LogP contribution in [0.3, 0.4) is 0 Å².